The molecule has 1 saturated heterocycles. The van der Waals surface area contributed by atoms with E-state index >= 15 is 0 Å². The zero-order valence-corrected chi connectivity index (χ0v) is 13.8. The molecule has 3 rings (SSSR count). The Bertz CT molecular complexity index is 829. The van der Waals surface area contributed by atoms with E-state index in [0.29, 0.717) is 31.7 Å². The van der Waals surface area contributed by atoms with Gasteiger partial charge in [0, 0.05) is 49.9 Å². The molecule has 1 unspecified atom stereocenters. The molecule has 1 aliphatic heterocycles. The van der Waals surface area contributed by atoms with Crippen LogP contribution in [-0.2, 0) is 0 Å². The average molecular weight is 347 g/mol. The van der Waals surface area contributed by atoms with E-state index in [-0.39, 0.29) is 23.2 Å². The first kappa shape index (κ1) is 17.3. The van der Waals surface area contributed by atoms with Crippen molar-refractivity contribution in [3.05, 3.63) is 69.6 Å². The molecule has 1 fully saturated rings. The summed E-state index contributed by atoms with van der Waals surface area (Å²) in [5.41, 5.74) is 0.386. The maximum Gasteiger partial charge on any atom is 0.270 e. The number of pyridine rings is 1. The van der Waals surface area contributed by atoms with Crippen molar-refractivity contribution in [1.82, 2.24) is 14.8 Å². The molecule has 1 amide bonds. The van der Waals surface area contributed by atoms with E-state index in [1.54, 1.807) is 17.0 Å². The van der Waals surface area contributed by atoms with Gasteiger partial charge in [-0.1, -0.05) is 12.1 Å². The second-order valence-electron chi connectivity index (χ2n) is 6.10. The summed E-state index contributed by atoms with van der Waals surface area (Å²) in [5.74, 6) is -1.38. The second-order valence-corrected chi connectivity index (χ2v) is 6.10. The number of aromatic amines is 1. The summed E-state index contributed by atoms with van der Waals surface area (Å²) >= 11 is 0. The van der Waals surface area contributed by atoms with Crippen LogP contribution in [0.5, 0.6) is 0 Å². The molecular formula is C18H19F2N3O2. The highest BCUT2D eigenvalue weighted by atomic mass is 19.1. The van der Waals surface area contributed by atoms with E-state index in [2.05, 4.69) is 4.98 Å². The van der Waals surface area contributed by atoms with E-state index in [9.17, 15) is 18.4 Å². The van der Waals surface area contributed by atoms with Crippen molar-refractivity contribution in [2.45, 2.75) is 13.0 Å². The lowest BCUT2D eigenvalue weighted by atomic mass is 10.1. The number of hydrogen-bond donors (Lipinski definition) is 1. The van der Waals surface area contributed by atoms with Crippen LogP contribution in [0.3, 0.4) is 0 Å². The van der Waals surface area contributed by atoms with Crippen LogP contribution < -0.4 is 5.56 Å². The molecule has 0 saturated carbocycles. The third-order valence-corrected chi connectivity index (χ3v) is 4.56. The Morgan fingerprint density at radius 3 is 2.48 bits per heavy atom. The molecule has 1 N–H and O–H groups in total. The van der Waals surface area contributed by atoms with E-state index in [1.165, 1.54) is 18.2 Å². The minimum absolute atomic E-state index is 0.214. The van der Waals surface area contributed by atoms with Crippen molar-refractivity contribution < 1.29 is 13.6 Å². The smallest absolute Gasteiger partial charge is 0.270 e. The van der Waals surface area contributed by atoms with Crippen LogP contribution in [0, 0.1) is 11.6 Å². The highest BCUT2D eigenvalue weighted by Gasteiger charge is 2.26. The summed E-state index contributed by atoms with van der Waals surface area (Å²) in [4.78, 5) is 30.0. The summed E-state index contributed by atoms with van der Waals surface area (Å²) in [6, 6.07) is 7.86. The van der Waals surface area contributed by atoms with Gasteiger partial charge in [0.1, 0.15) is 17.3 Å². The van der Waals surface area contributed by atoms with Crippen molar-refractivity contribution in [1.29, 1.82) is 0 Å². The van der Waals surface area contributed by atoms with E-state index in [1.807, 2.05) is 11.8 Å². The van der Waals surface area contributed by atoms with Crippen molar-refractivity contribution in [2.75, 3.05) is 26.2 Å². The van der Waals surface area contributed by atoms with Crippen LogP contribution in [-0.4, -0.2) is 46.9 Å². The number of nitrogens with one attached hydrogen (secondary N) is 1. The fourth-order valence-electron chi connectivity index (χ4n) is 3.09. The minimum atomic E-state index is -0.597. The fourth-order valence-corrected chi connectivity index (χ4v) is 3.09. The van der Waals surface area contributed by atoms with Crippen molar-refractivity contribution in [3.63, 3.8) is 0 Å². The number of nitrogens with zero attached hydrogens (tertiary/aromatic N) is 2. The molecule has 1 aromatic heterocycles. The lowest BCUT2D eigenvalue weighted by Gasteiger charge is -2.38. The van der Waals surface area contributed by atoms with Crippen molar-refractivity contribution >= 4 is 5.91 Å². The van der Waals surface area contributed by atoms with Crippen LogP contribution in [0.15, 0.2) is 41.2 Å². The molecule has 1 aromatic carbocycles. The molecule has 0 bridgehead atoms. The van der Waals surface area contributed by atoms with Gasteiger partial charge in [-0.15, -0.1) is 0 Å². The van der Waals surface area contributed by atoms with E-state index in [0.717, 1.165) is 6.07 Å². The number of hydrogen-bond acceptors (Lipinski definition) is 3. The predicted molar refractivity (Wildman–Crippen MR) is 89.3 cm³/mol. The Balaban J connectivity index is 1.65. The molecule has 0 spiro atoms. The molecule has 2 heterocycles. The number of amides is 1. The molecule has 132 valence electrons. The summed E-state index contributed by atoms with van der Waals surface area (Å²) in [6.45, 7) is 3.95. The molecule has 0 aliphatic carbocycles. The van der Waals surface area contributed by atoms with Crippen molar-refractivity contribution in [3.8, 4) is 0 Å². The fraction of sp³-hybridized carbons (Fsp3) is 0.333. The first-order valence-electron chi connectivity index (χ1n) is 8.13. The maximum absolute atomic E-state index is 14.0. The number of carbonyl (C=O) groups excluding carboxylic acids is 1. The van der Waals surface area contributed by atoms with Gasteiger partial charge >= 0.3 is 0 Å². The largest absolute Gasteiger partial charge is 0.335 e. The summed E-state index contributed by atoms with van der Waals surface area (Å²) in [7, 11) is 0. The standard InChI is InChI=1S/C18H19F2N3O2/c1-12(14-6-5-13(19)11-15(14)20)22-7-9-23(10-8-22)18(25)16-3-2-4-17(24)21-16/h2-6,11-12H,7-10H2,1H3,(H,21,24). The lowest BCUT2D eigenvalue weighted by Crippen LogP contribution is -2.49. The Morgan fingerprint density at radius 1 is 1.12 bits per heavy atom. The molecule has 1 atom stereocenters. The van der Waals surface area contributed by atoms with Gasteiger partial charge in [-0.3, -0.25) is 14.5 Å². The summed E-state index contributed by atoms with van der Waals surface area (Å²) in [5, 5.41) is 0. The molecular weight excluding hydrogens is 328 g/mol. The van der Waals surface area contributed by atoms with Gasteiger partial charge < -0.3 is 9.88 Å². The number of halogens is 2. The van der Waals surface area contributed by atoms with Gasteiger partial charge in [-0.05, 0) is 19.1 Å². The predicted octanol–water partition coefficient (Wildman–Crippen LogP) is 2.17. The zero-order chi connectivity index (χ0) is 18.0. The monoisotopic (exact) mass is 347 g/mol. The quantitative estimate of drug-likeness (QED) is 0.926. The van der Waals surface area contributed by atoms with Crippen LogP contribution in [0.4, 0.5) is 8.78 Å². The Morgan fingerprint density at radius 2 is 1.84 bits per heavy atom. The van der Waals surface area contributed by atoms with Gasteiger partial charge in [0.15, 0.2) is 0 Å². The Hall–Kier alpha value is -2.54. The number of aromatic nitrogens is 1. The molecule has 1 aliphatic rings. The molecule has 5 nitrogen and oxygen atoms in total. The van der Waals surface area contributed by atoms with Crippen LogP contribution in [0.25, 0.3) is 0 Å². The Kier molecular flexibility index (Phi) is 4.94. The third-order valence-electron chi connectivity index (χ3n) is 4.56. The number of H-pyrrole nitrogens is 1. The number of piperazine rings is 1. The molecule has 0 radical (unpaired) electrons. The number of rotatable bonds is 3. The topological polar surface area (TPSA) is 56.4 Å². The molecule has 25 heavy (non-hydrogen) atoms. The lowest BCUT2D eigenvalue weighted by molar-refractivity contribution is 0.0573. The second kappa shape index (κ2) is 7.14. The summed E-state index contributed by atoms with van der Waals surface area (Å²) in [6.07, 6.45) is 0. The SMILES string of the molecule is CC(c1ccc(F)cc1F)N1CCN(C(=O)c2cccc(=O)[nH]2)CC1. The van der Waals surface area contributed by atoms with Gasteiger partial charge in [-0.2, -0.15) is 0 Å². The molecule has 2 aromatic rings. The van der Waals surface area contributed by atoms with E-state index in [4.69, 9.17) is 0 Å². The van der Waals surface area contributed by atoms with Gasteiger partial charge in [0.25, 0.3) is 5.91 Å². The summed E-state index contributed by atoms with van der Waals surface area (Å²) < 4.78 is 27.0. The highest BCUT2D eigenvalue weighted by molar-refractivity contribution is 5.92. The highest BCUT2D eigenvalue weighted by Crippen LogP contribution is 2.24. The van der Waals surface area contributed by atoms with Crippen LogP contribution in [0.2, 0.25) is 0 Å². The normalized spacial score (nSPS) is 16.7. The van der Waals surface area contributed by atoms with Crippen molar-refractivity contribution in [2.24, 2.45) is 0 Å². The van der Waals surface area contributed by atoms with E-state index < -0.39 is 11.6 Å². The Labute approximate surface area is 143 Å². The minimum Gasteiger partial charge on any atom is -0.335 e. The van der Waals surface area contributed by atoms with Gasteiger partial charge in [0.2, 0.25) is 5.56 Å². The maximum atomic E-state index is 14.0. The third kappa shape index (κ3) is 3.76. The van der Waals surface area contributed by atoms with Crippen LogP contribution in [0.1, 0.15) is 29.0 Å². The van der Waals surface area contributed by atoms with Gasteiger partial charge in [-0.25, -0.2) is 8.78 Å². The number of benzene rings is 1. The molecule has 7 heteroatoms. The zero-order valence-electron chi connectivity index (χ0n) is 13.8. The van der Waals surface area contributed by atoms with Gasteiger partial charge in [0.05, 0.1) is 0 Å². The average Bonchev–Trinajstić information content (AvgIpc) is 2.61. The van der Waals surface area contributed by atoms with Crippen LogP contribution >= 0.6 is 0 Å². The number of carbonyl (C=O) groups is 1. The first-order chi connectivity index (χ1) is 12.0. The first-order valence-corrected chi connectivity index (χ1v) is 8.13.